The lowest BCUT2D eigenvalue weighted by Crippen LogP contribution is -2.52. The van der Waals surface area contributed by atoms with Gasteiger partial charge < -0.3 is 20.5 Å². The van der Waals surface area contributed by atoms with Gasteiger partial charge in [0.1, 0.15) is 5.75 Å². The third kappa shape index (κ3) is 3.33. The minimum Gasteiger partial charge on any atom is -0.478 e. The number of carbonyl (C=O) groups is 2. The molecular formula is C15H20N2O4. The highest BCUT2D eigenvalue weighted by molar-refractivity contribution is 5.99. The van der Waals surface area contributed by atoms with E-state index in [4.69, 9.17) is 15.6 Å². The maximum atomic E-state index is 12.5. The van der Waals surface area contributed by atoms with Gasteiger partial charge in [0, 0.05) is 0 Å². The van der Waals surface area contributed by atoms with E-state index in [-0.39, 0.29) is 12.5 Å². The molecular weight excluding hydrogens is 272 g/mol. The van der Waals surface area contributed by atoms with Crippen molar-refractivity contribution in [2.24, 2.45) is 5.73 Å². The zero-order valence-corrected chi connectivity index (χ0v) is 12.0. The van der Waals surface area contributed by atoms with E-state index >= 15 is 0 Å². The number of aliphatic carboxylic acids is 1. The molecule has 6 nitrogen and oxygen atoms in total. The minimum atomic E-state index is -1.09. The second-order valence-electron chi connectivity index (χ2n) is 5.11. The Balaban J connectivity index is 2.24. The van der Waals surface area contributed by atoms with Gasteiger partial charge in [0.15, 0.2) is 0 Å². The largest absolute Gasteiger partial charge is 0.478 e. The van der Waals surface area contributed by atoms with Gasteiger partial charge in [0.25, 0.3) is 0 Å². The molecule has 1 unspecified atom stereocenters. The van der Waals surface area contributed by atoms with Crippen LogP contribution in [0.5, 0.6) is 5.75 Å². The lowest BCUT2D eigenvalue weighted by Gasteiger charge is -2.34. The maximum Gasteiger partial charge on any atom is 0.346 e. The highest BCUT2D eigenvalue weighted by atomic mass is 16.5. The van der Waals surface area contributed by atoms with Gasteiger partial charge >= 0.3 is 5.97 Å². The first-order valence-electron chi connectivity index (χ1n) is 7.10. The van der Waals surface area contributed by atoms with Gasteiger partial charge in [-0.3, -0.25) is 4.79 Å². The number of rotatable bonds is 5. The molecule has 21 heavy (non-hydrogen) atoms. The van der Waals surface area contributed by atoms with Gasteiger partial charge in [-0.15, -0.1) is 0 Å². The summed E-state index contributed by atoms with van der Waals surface area (Å²) >= 11 is 0. The zero-order chi connectivity index (χ0) is 15.4. The highest BCUT2D eigenvalue weighted by Gasteiger charge is 2.35. The molecule has 2 rings (SSSR count). The molecule has 1 amide bonds. The normalized spacial score (nSPS) is 18.6. The molecule has 2 atom stereocenters. The van der Waals surface area contributed by atoms with Crippen LogP contribution in [0, 0.1) is 0 Å². The van der Waals surface area contributed by atoms with E-state index < -0.39 is 18.1 Å². The van der Waals surface area contributed by atoms with Gasteiger partial charge in [0.2, 0.25) is 12.0 Å². The van der Waals surface area contributed by atoms with Crippen molar-refractivity contribution in [1.29, 1.82) is 0 Å². The van der Waals surface area contributed by atoms with Gasteiger partial charge in [-0.25, -0.2) is 4.79 Å². The molecule has 0 aliphatic carbocycles. The number of carboxylic acids is 1. The first-order chi connectivity index (χ1) is 10.0. The first kappa shape index (κ1) is 15.3. The SMILES string of the molecule is CCCC[C@H](N)C(=O)N1CC(C(=O)O)Oc2ccccc21. The lowest BCUT2D eigenvalue weighted by atomic mass is 10.1. The average Bonchev–Trinajstić information content (AvgIpc) is 2.50. The Kier molecular flexibility index (Phi) is 4.80. The zero-order valence-electron chi connectivity index (χ0n) is 12.0. The van der Waals surface area contributed by atoms with Crippen molar-refractivity contribution in [3.8, 4) is 5.75 Å². The van der Waals surface area contributed by atoms with Crippen molar-refractivity contribution in [1.82, 2.24) is 0 Å². The van der Waals surface area contributed by atoms with Crippen LogP contribution >= 0.6 is 0 Å². The number of fused-ring (bicyclic) bond motifs is 1. The van der Waals surface area contributed by atoms with Crippen LogP contribution in [0.4, 0.5) is 5.69 Å². The van der Waals surface area contributed by atoms with Gasteiger partial charge in [-0.05, 0) is 18.6 Å². The summed E-state index contributed by atoms with van der Waals surface area (Å²) in [5.74, 6) is -0.956. The number of anilines is 1. The van der Waals surface area contributed by atoms with Crippen molar-refractivity contribution in [2.75, 3.05) is 11.4 Å². The monoisotopic (exact) mass is 292 g/mol. The van der Waals surface area contributed by atoms with Gasteiger partial charge in [0.05, 0.1) is 18.3 Å². The molecule has 1 aliphatic heterocycles. The number of hydrogen-bond acceptors (Lipinski definition) is 4. The number of nitrogens with zero attached hydrogens (tertiary/aromatic N) is 1. The number of unbranched alkanes of at least 4 members (excludes halogenated alkanes) is 1. The standard InChI is InChI=1S/C15H20N2O4/c1-2-3-6-10(16)14(18)17-9-13(15(19)20)21-12-8-5-4-7-11(12)17/h4-5,7-8,10,13H,2-3,6,9,16H2,1H3,(H,19,20)/t10-,13?/m0/s1. The number of carbonyl (C=O) groups excluding carboxylic acids is 1. The maximum absolute atomic E-state index is 12.5. The van der Waals surface area contributed by atoms with Crippen molar-refractivity contribution in [3.05, 3.63) is 24.3 Å². The van der Waals surface area contributed by atoms with Crippen LogP contribution in [-0.4, -0.2) is 35.7 Å². The number of para-hydroxylation sites is 2. The van der Waals surface area contributed by atoms with E-state index in [0.29, 0.717) is 17.9 Å². The average molecular weight is 292 g/mol. The summed E-state index contributed by atoms with van der Waals surface area (Å²) in [6.07, 6.45) is 1.34. The summed E-state index contributed by atoms with van der Waals surface area (Å²) in [5.41, 5.74) is 6.51. The highest BCUT2D eigenvalue weighted by Crippen LogP contribution is 2.33. The number of benzene rings is 1. The molecule has 1 aromatic rings. The van der Waals surface area contributed by atoms with E-state index in [0.717, 1.165) is 12.8 Å². The van der Waals surface area contributed by atoms with Crippen LogP contribution in [0.3, 0.4) is 0 Å². The lowest BCUT2D eigenvalue weighted by molar-refractivity contribution is -0.145. The van der Waals surface area contributed by atoms with Gasteiger partial charge in [-0.1, -0.05) is 31.9 Å². The molecule has 1 aromatic carbocycles. The van der Waals surface area contributed by atoms with E-state index in [1.54, 1.807) is 24.3 Å². The molecule has 0 bridgehead atoms. The second kappa shape index (κ2) is 6.58. The molecule has 0 aromatic heterocycles. The number of nitrogens with two attached hydrogens (primary N) is 1. The smallest absolute Gasteiger partial charge is 0.346 e. The van der Waals surface area contributed by atoms with Crippen LogP contribution in [0.25, 0.3) is 0 Å². The van der Waals surface area contributed by atoms with E-state index in [1.165, 1.54) is 4.90 Å². The van der Waals surface area contributed by atoms with Gasteiger partial charge in [-0.2, -0.15) is 0 Å². The summed E-state index contributed by atoms with van der Waals surface area (Å²) < 4.78 is 5.40. The molecule has 0 fully saturated rings. The molecule has 0 radical (unpaired) electrons. The Morgan fingerprint density at radius 1 is 1.48 bits per heavy atom. The fraction of sp³-hybridized carbons (Fsp3) is 0.467. The quantitative estimate of drug-likeness (QED) is 0.855. The van der Waals surface area contributed by atoms with Crippen LogP contribution in [-0.2, 0) is 9.59 Å². The summed E-state index contributed by atoms with van der Waals surface area (Å²) in [4.78, 5) is 25.1. The number of amides is 1. The van der Waals surface area contributed by atoms with Crippen molar-refractivity contribution in [2.45, 2.75) is 38.3 Å². The first-order valence-corrected chi connectivity index (χ1v) is 7.10. The summed E-state index contributed by atoms with van der Waals surface area (Å²) in [5, 5.41) is 9.15. The summed E-state index contributed by atoms with van der Waals surface area (Å²) in [7, 11) is 0. The predicted octanol–water partition coefficient (Wildman–Crippen LogP) is 1.38. The Bertz CT molecular complexity index is 532. The van der Waals surface area contributed by atoms with Crippen molar-refractivity contribution < 1.29 is 19.4 Å². The summed E-state index contributed by atoms with van der Waals surface area (Å²) in [6.45, 7) is 2.01. The van der Waals surface area contributed by atoms with Crippen LogP contribution < -0.4 is 15.4 Å². The molecule has 1 aliphatic rings. The van der Waals surface area contributed by atoms with Crippen molar-refractivity contribution >= 4 is 17.6 Å². The van der Waals surface area contributed by atoms with E-state index in [1.807, 2.05) is 6.92 Å². The summed E-state index contributed by atoms with van der Waals surface area (Å²) in [6, 6.07) is 6.29. The molecule has 6 heteroatoms. The van der Waals surface area contributed by atoms with Crippen LogP contribution in [0.15, 0.2) is 24.3 Å². The Labute approximate surface area is 123 Å². The fourth-order valence-electron chi connectivity index (χ4n) is 2.32. The minimum absolute atomic E-state index is 0.0228. The number of ether oxygens (including phenoxy) is 1. The predicted molar refractivity (Wildman–Crippen MR) is 78.3 cm³/mol. The molecule has 3 N–H and O–H groups in total. The van der Waals surface area contributed by atoms with Crippen LogP contribution in [0.2, 0.25) is 0 Å². The molecule has 0 spiro atoms. The third-order valence-electron chi connectivity index (χ3n) is 3.50. The second-order valence-corrected chi connectivity index (χ2v) is 5.11. The molecule has 0 saturated heterocycles. The molecule has 1 heterocycles. The Morgan fingerprint density at radius 3 is 2.86 bits per heavy atom. The fourth-order valence-corrected chi connectivity index (χ4v) is 2.32. The van der Waals surface area contributed by atoms with E-state index in [2.05, 4.69) is 0 Å². The third-order valence-corrected chi connectivity index (χ3v) is 3.50. The molecule has 0 saturated carbocycles. The van der Waals surface area contributed by atoms with Crippen LogP contribution in [0.1, 0.15) is 26.2 Å². The number of carboxylic acid groups (broad SMARTS) is 1. The topological polar surface area (TPSA) is 92.9 Å². The molecule has 114 valence electrons. The Morgan fingerprint density at radius 2 is 2.19 bits per heavy atom. The number of hydrogen-bond donors (Lipinski definition) is 2. The van der Waals surface area contributed by atoms with E-state index in [9.17, 15) is 9.59 Å². The van der Waals surface area contributed by atoms with Crippen molar-refractivity contribution in [3.63, 3.8) is 0 Å². The Hall–Kier alpha value is -2.08.